The molecule has 0 saturated carbocycles. The van der Waals surface area contributed by atoms with Crippen molar-refractivity contribution in [1.29, 1.82) is 0 Å². The van der Waals surface area contributed by atoms with Gasteiger partial charge in [-0.25, -0.2) is 9.18 Å². The standard InChI is InChI=1S/C13H11FO5/c1-2-18-13(17)12(16)9-6-19-10-5-7(14)3-4-8(10)11(9)15/h3-5,9H,2,6H2,1H3. The molecule has 0 fully saturated rings. The van der Waals surface area contributed by atoms with Crippen LogP contribution in [0.5, 0.6) is 5.75 Å². The van der Waals surface area contributed by atoms with Gasteiger partial charge < -0.3 is 9.47 Å². The summed E-state index contributed by atoms with van der Waals surface area (Å²) in [5.74, 6) is -4.24. The fourth-order valence-corrected chi connectivity index (χ4v) is 1.79. The summed E-state index contributed by atoms with van der Waals surface area (Å²) in [6.07, 6.45) is 0. The molecule has 1 aromatic carbocycles. The maximum atomic E-state index is 13.0. The van der Waals surface area contributed by atoms with Crippen LogP contribution in [0.25, 0.3) is 0 Å². The Morgan fingerprint density at radius 3 is 2.89 bits per heavy atom. The number of Topliss-reactive ketones (excluding diaryl/α,β-unsaturated/α-hetero) is 2. The van der Waals surface area contributed by atoms with Crippen molar-refractivity contribution in [2.75, 3.05) is 13.2 Å². The monoisotopic (exact) mass is 266 g/mol. The molecule has 0 amide bonds. The molecule has 100 valence electrons. The van der Waals surface area contributed by atoms with E-state index >= 15 is 0 Å². The largest absolute Gasteiger partial charge is 0.491 e. The van der Waals surface area contributed by atoms with E-state index in [4.69, 9.17) is 4.74 Å². The second-order valence-electron chi connectivity index (χ2n) is 3.95. The fourth-order valence-electron chi connectivity index (χ4n) is 1.79. The van der Waals surface area contributed by atoms with Gasteiger partial charge in [0.25, 0.3) is 5.78 Å². The number of benzene rings is 1. The first-order valence-corrected chi connectivity index (χ1v) is 5.72. The average molecular weight is 266 g/mol. The van der Waals surface area contributed by atoms with Gasteiger partial charge in [-0.3, -0.25) is 9.59 Å². The highest BCUT2D eigenvalue weighted by Gasteiger charge is 2.38. The summed E-state index contributed by atoms with van der Waals surface area (Å²) >= 11 is 0. The van der Waals surface area contributed by atoms with Gasteiger partial charge in [0, 0.05) is 6.07 Å². The highest BCUT2D eigenvalue weighted by molar-refractivity contribution is 6.39. The molecular formula is C13H11FO5. The number of ketones is 2. The Hall–Kier alpha value is -2.24. The summed E-state index contributed by atoms with van der Waals surface area (Å²) < 4.78 is 22.7. The van der Waals surface area contributed by atoms with E-state index in [9.17, 15) is 18.8 Å². The predicted molar refractivity (Wildman–Crippen MR) is 61.4 cm³/mol. The fraction of sp³-hybridized carbons (Fsp3) is 0.308. The Bertz CT molecular complexity index is 552. The van der Waals surface area contributed by atoms with Gasteiger partial charge in [-0.2, -0.15) is 0 Å². The lowest BCUT2D eigenvalue weighted by Gasteiger charge is -2.22. The van der Waals surface area contributed by atoms with Crippen LogP contribution >= 0.6 is 0 Å². The molecule has 0 radical (unpaired) electrons. The third kappa shape index (κ3) is 2.47. The third-order valence-electron chi connectivity index (χ3n) is 2.72. The number of halogens is 1. The Kier molecular flexibility index (Phi) is 3.59. The van der Waals surface area contributed by atoms with Gasteiger partial charge in [0.2, 0.25) is 0 Å². The molecule has 0 spiro atoms. The number of carbonyl (C=O) groups is 3. The van der Waals surface area contributed by atoms with E-state index in [0.717, 1.165) is 12.1 Å². The van der Waals surface area contributed by atoms with Crippen LogP contribution in [0.4, 0.5) is 4.39 Å². The van der Waals surface area contributed by atoms with Crippen molar-refractivity contribution in [3.8, 4) is 5.75 Å². The highest BCUT2D eigenvalue weighted by atomic mass is 19.1. The smallest absolute Gasteiger partial charge is 0.375 e. The second-order valence-corrected chi connectivity index (χ2v) is 3.95. The summed E-state index contributed by atoms with van der Waals surface area (Å²) in [4.78, 5) is 35.1. The van der Waals surface area contributed by atoms with Crippen LogP contribution < -0.4 is 4.74 Å². The van der Waals surface area contributed by atoms with Crippen LogP contribution in [0.15, 0.2) is 18.2 Å². The number of rotatable bonds is 3. The SMILES string of the molecule is CCOC(=O)C(=O)C1COc2cc(F)ccc2C1=O. The molecule has 0 saturated heterocycles. The topological polar surface area (TPSA) is 69.7 Å². The zero-order valence-corrected chi connectivity index (χ0v) is 10.1. The van der Waals surface area contributed by atoms with E-state index in [2.05, 4.69) is 4.74 Å². The number of ether oxygens (including phenoxy) is 2. The van der Waals surface area contributed by atoms with Crippen LogP contribution in [-0.2, 0) is 14.3 Å². The summed E-state index contributed by atoms with van der Waals surface area (Å²) in [5.41, 5.74) is 0.0929. The molecule has 19 heavy (non-hydrogen) atoms. The first-order valence-electron chi connectivity index (χ1n) is 5.72. The lowest BCUT2D eigenvalue weighted by molar-refractivity contribution is -0.155. The van der Waals surface area contributed by atoms with Crippen molar-refractivity contribution in [3.05, 3.63) is 29.6 Å². The molecule has 5 nitrogen and oxygen atoms in total. The van der Waals surface area contributed by atoms with Crippen molar-refractivity contribution < 1.29 is 28.2 Å². The first-order chi connectivity index (χ1) is 9.04. The Balaban J connectivity index is 2.24. The number of esters is 1. The van der Waals surface area contributed by atoms with Crippen LogP contribution in [0.2, 0.25) is 0 Å². The van der Waals surface area contributed by atoms with Gasteiger partial charge in [-0.1, -0.05) is 0 Å². The maximum Gasteiger partial charge on any atom is 0.375 e. The Morgan fingerprint density at radius 2 is 2.21 bits per heavy atom. The van der Waals surface area contributed by atoms with Gasteiger partial charge in [0.05, 0.1) is 12.2 Å². The summed E-state index contributed by atoms with van der Waals surface area (Å²) in [6, 6.07) is 3.40. The predicted octanol–water partition coefficient (Wildman–Crippen LogP) is 1.15. The minimum Gasteiger partial charge on any atom is -0.491 e. The van der Waals surface area contributed by atoms with Crippen LogP contribution in [0, 0.1) is 11.7 Å². The molecule has 6 heteroatoms. The van der Waals surface area contributed by atoms with Crippen LogP contribution in [-0.4, -0.2) is 30.7 Å². The average Bonchev–Trinajstić information content (AvgIpc) is 2.38. The summed E-state index contributed by atoms with van der Waals surface area (Å²) in [5, 5.41) is 0. The molecular weight excluding hydrogens is 255 g/mol. The molecule has 1 aliphatic rings. The van der Waals surface area contributed by atoms with Crippen LogP contribution in [0.3, 0.4) is 0 Å². The molecule has 0 aromatic heterocycles. The van der Waals surface area contributed by atoms with E-state index in [1.54, 1.807) is 6.92 Å². The summed E-state index contributed by atoms with van der Waals surface area (Å²) in [6.45, 7) is 1.32. The quantitative estimate of drug-likeness (QED) is 0.466. The van der Waals surface area contributed by atoms with Crippen LogP contribution in [0.1, 0.15) is 17.3 Å². The molecule has 1 unspecified atom stereocenters. The molecule has 2 rings (SSSR count). The molecule has 1 heterocycles. The van der Waals surface area contributed by atoms with E-state index < -0.39 is 29.3 Å². The van der Waals surface area contributed by atoms with E-state index in [0.29, 0.717) is 0 Å². The number of carbonyl (C=O) groups excluding carboxylic acids is 3. The van der Waals surface area contributed by atoms with Crippen molar-refractivity contribution in [2.24, 2.45) is 5.92 Å². The van der Waals surface area contributed by atoms with E-state index in [1.807, 2.05) is 0 Å². The lowest BCUT2D eigenvalue weighted by atomic mass is 9.91. The second kappa shape index (κ2) is 5.17. The first kappa shape index (κ1) is 13.2. The van der Waals surface area contributed by atoms with Gasteiger partial charge in [-0.15, -0.1) is 0 Å². The molecule has 1 aromatic rings. The van der Waals surface area contributed by atoms with Gasteiger partial charge in [-0.05, 0) is 19.1 Å². The zero-order chi connectivity index (χ0) is 14.0. The molecule has 0 aliphatic carbocycles. The van der Waals surface area contributed by atoms with Crippen molar-refractivity contribution in [2.45, 2.75) is 6.92 Å². The lowest BCUT2D eigenvalue weighted by Crippen LogP contribution is -2.38. The third-order valence-corrected chi connectivity index (χ3v) is 2.72. The molecule has 1 aliphatic heterocycles. The van der Waals surface area contributed by atoms with Crippen molar-refractivity contribution in [3.63, 3.8) is 0 Å². The molecule has 1 atom stereocenters. The van der Waals surface area contributed by atoms with Gasteiger partial charge in [0.15, 0.2) is 5.78 Å². The van der Waals surface area contributed by atoms with Crippen molar-refractivity contribution in [1.82, 2.24) is 0 Å². The van der Waals surface area contributed by atoms with E-state index in [-0.39, 0.29) is 24.5 Å². The minimum absolute atomic E-state index is 0.0497. The molecule has 0 N–H and O–H groups in total. The Morgan fingerprint density at radius 1 is 1.47 bits per heavy atom. The molecule has 0 bridgehead atoms. The maximum absolute atomic E-state index is 13.0. The minimum atomic E-state index is -1.22. The summed E-state index contributed by atoms with van der Waals surface area (Å²) in [7, 11) is 0. The number of hydrogen-bond donors (Lipinski definition) is 0. The van der Waals surface area contributed by atoms with Gasteiger partial charge >= 0.3 is 5.97 Å². The highest BCUT2D eigenvalue weighted by Crippen LogP contribution is 2.28. The zero-order valence-electron chi connectivity index (χ0n) is 10.1. The van der Waals surface area contributed by atoms with Gasteiger partial charge in [0.1, 0.15) is 24.1 Å². The normalized spacial score (nSPS) is 17.4. The number of fused-ring (bicyclic) bond motifs is 1. The van der Waals surface area contributed by atoms with E-state index in [1.165, 1.54) is 6.07 Å². The number of hydrogen-bond acceptors (Lipinski definition) is 5. The Labute approximate surface area is 108 Å². The van der Waals surface area contributed by atoms with Crippen molar-refractivity contribution >= 4 is 17.5 Å².